The fourth-order valence-corrected chi connectivity index (χ4v) is 5.23. The normalized spacial score (nSPS) is 22.1. The van der Waals surface area contributed by atoms with Crippen molar-refractivity contribution in [2.75, 3.05) is 17.3 Å². The van der Waals surface area contributed by atoms with Crippen molar-refractivity contribution in [3.05, 3.63) is 81.8 Å². The molecule has 7 nitrogen and oxygen atoms in total. The van der Waals surface area contributed by atoms with Crippen LogP contribution < -0.4 is 16.0 Å². The van der Waals surface area contributed by atoms with Crippen molar-refractivity contribution in [1.82, 2.24) is 0 Å². The number of fused-ring (bicyclic) bond motifs is 3. The summed E-state index contributed by atoms with van der Waals surface area (Å²) in [6, 6.07) is 14.1. The van der Waals surface area contributed by atoms with Crippen molar-refractivity contribution in [3.8, 4) is 0 Å². The molecule has 0 saturated carbocycles. The molecule has 1 spiro atoms. The van der Waals surface area contributed by atoms with E-state index < -0.39 is 17.3 Å². The number of methoxy groups -OCH3 is 1. The van der Waals surface area contributed by atoms with Gasteiger partial charge in [0.25, 0.3) is 0 Å². The summed E-state index contributed by atoms with van der Waals surface area (Å²) in [5.41, 5.74) is 7.28. The van der Waals surface area contributed by atoms with Crippen molar-refractivity contribution in [2.45, 2.75) is 24.7 Å². The highest BCUT2D eigenvalue weighted by atomic mass is 35.5. The minimum absolute atomic E-state index is 0.0551. The predicted molar refractivity (Wildman–Crippen MR) is 120 cm³/mol. The van der Waals surface area contributed by atoms with Gasteiger partial charge in [0, 0.05) is 39.7 Å². The monoisotopic (exact) mass is 449 g/mol. The average molecular weight is 450 g/mol. The van der Waals surface area contributed by atoms with Gasteiger partial charge in [0.1, 0.15) is 16.8 Å². The summed E-state index contributed by atoms with van der Waals surface area (Å²) in [6.07, 6.45) is 1.40. The largest absolute Gasteiger partial charge is 0.466 e. The minimum Gasteiger partial charge on any atom is -0.466 e. The summed E-state index contributed by atoms with van der Waals surface area (Å²) in [5, 5.41) is 3.20. The Bertz CT molecular complexity index is 1250. The van der Waals surface area contributed by atoms with Gasteiger partial charge in [-0.15, -0.1) is 0 Å². The van der Waals surface area contributed by atoms with E-state index in [-0.39, 0.29) is 29.2 Å². The average Bonchev–Trinajstić information content (AvgIpc) is 3.06. The van der Waals surface area contributed by atoms with Crippen LogP contribution in [0.3, 0.4) is 0 Å². The number of nitrogens with one attached hydrogen (secondary N) is 1. The van der Waals surface area contributed by atoms with Crippen LogP contribution >= 0.6 is 11.6 Å². The summed E-state index contributed by atoms with van der Waals surface area (Å²) in [6.45, 7) is 0. The molecule has 0 saturated heterocycles. The van der Waals surface area contributed by atoms with E-state index in [1.807, 2.05) is 30.3 Å². The zero-order valence-electron chi connectivity index (χ0n) is 17.3. The van der Waals surface area contributed by atoms with Gasteiger partial charge in [-0.2, -0.15) is 0 Å². The number of anilines is 2. The number of carbonyl (C=O) groups excluding carboxylic acids is 3. The quantitative estimate of drug-likeness (QED) is 0.681. The summed E-state index contributed by atoms with van der Waals surface area (Å²) >= 11 is 6.29. The highest BCUT2D eigenvalue weighted by molar-refractivity contribution is 6.31. The number of amides is 1. The van der Waals surface area contributed by atoms with Crippen LogP contribution in [0.1, 0.15) is 24.8 Å². The second kappa shape index (κ2) is 7.24. The lowest BCUT2D eigenvalue weighted by Gasteiger charge is -2.44. The minimum atomic E-state index is -1.73. The Kier molecular flexibility index (Phi) is 4.60. The van der Waals surface area contributed by atoms with Gasteiger partial charge in [-0.1, -0.05) is 29.8 Å². The molecule has 0 fully saturated rings. The molecule has 1 aliphatic carbocycles. The maximum atomic E-state index is 13.7. The zero-order chi connectivity index (χ0) is 22.6. The number of benzene rings is 2. The molecule has 1 unspecified atom stereocenters. The van der Waals surface area contributed by atoms with Crippen LogP contribution in [0, 0.1) is 0 Å². The molecule has 2 aromatic carbocycles. The number of ether oxygens (including phenoxy) is 1. The molecule has 32 heavy (non-hydrogen) atoms. The van der Waals surface area contributed by atoms with E-state index in [0.717, 1.165) is 0 Å². The first kappa shape index (κ1) is 20.3. The predicted octanol–water partition coefficient (Wildman–Crippen LogP) is 3.40. The van der Waals surface area contributed by atoms with Crippen LogP contribution in [0.4, 0.5) is 11.4 Å². The van der Waals surface area contributed by atoms with E-state index >= 15 is 0 Å². The van der Waals surface area contributed by atoms with Gasteiger partial charge in [0.05, 0.1) is 7.11 Å². The summed E-state index contributed by atoms with van der Waals surface area (Å²) < 4.78 is 5.09. The van der Waals surface area contributed by atoms with E-state index in [9.17, 15) is 14.4 Å². The van der Waals surface area contributed by atoms with Crippen LogP contribution in [-0.2, 0) is 24.5 Å². The Hall–Kier alpha value is -3.58. The lowest BCUT2D eigenvalue weighted by atomic mass is 9.63. The van der Waals surface area contributed by atoms with E-state index in [2.05, 4.69) is 5.32 Å². The molecule has 8 heteroatoms. The van der Waals surface area contributed by atoms with Crippen LogP contribution in [0.5, 0.6) is 0 Å². The molecule has 0 aromatic heterocycles. The first-order chi connectivity index (χ1) is 15.4. The topological polar surface area (TPSA) is 102 Å². The lowest BCUT2D eigenvalue weighted by Crippen LogP contribution is -2.53. The molecule has 0 bridgehead atoms. The van der Waals surface area contributed by atoms with Crippen molar-refractivity contribution >= 4 is 40.6 Å². The Morgan fingerprint density at radius 1 is 1.16 bits per heavy atom. The Morgan fingerprint density at radius 2 is 1.91 bits per heavy atom. The van der Waals surface area contributed by atoms with E-state index in [1.165, 1.54) is 7.11 Å². The number of halogens is 1. The molecule has 3 N–H and O–H groups in total. The number of ketones is 1. The number of carbonyl (C=O) groups is 3. The number of rotatable bonds is 2. The first-order valence-corrected chi connectivity index (χ1v) is 10.6. The molecule has 1 amide bonds. The number of nitrogens with two attached hydrogens (primary N) is 1. The SMILES string of the molecule is COC(=O)C1=C(N)N(c2ccccc2)C2=C(C(=O)CCC2)C12C(=O)Nc1ccc(Cl)cc12. The molecular weight excluding hydrogens is 430 g/mol. The third kappa shape index (κ3) is 2.58. The standard InChI is InChI=1S/C24H20ClN3O4/c1-32-22(30)20-21(26)28(14-6-3-2-4-7-14)17-8-5-9-18(29)19(17)24(20)15-12-13(25)10-11-16(15)27-23(24)31/h2-4,6-7,10-12H,5,8-9,26H2,1H3,(H,27,31). The van der Waals surface area contributed by atoms with Crippen molar-refractivity contribution < 1.29 is 19.1 Å². The second-order valence-electron chi connectivity index (χ2n) is 7.92. The lowest BCUT2D eigenvalue weighted by molar-refractivity contribution is -0.138. The Balaban J connectivity index is 1.93. The number of para-hydroxylation sites is 1. The van der Waals surface area contributed by atoms with Gasteiger partial charge < -0.3 is 15.8 Å². The zero-order valence-corrected chi connectivity index (χ0v) is 18.0. The van der Waals surface area contributed by atoms with Gasteiger partial charge in [-0.05, 0) is 43.2 Å². The third-order valence-corrected chi connectivity index (χ3v) is 6.52. The number of esters is 1. The summed E-state index contributed by atoms with van der Waals surface area (Å²) in [5.74, 6) is -1.45. The van der Waals surface area contributed by atoms with Crippen LogP contribution in [0.2, 0.25) is 5.02 Å². The maximum Gasteiger partial charge on any atom is 0.339 e. The van der Waals surface area contributed by atoms with Crippen molar-refractivity contribution in [2.24, 2.45) is 5.73 Å². The molecule has 2 aromatic rings. The maximum absolute atomic E-state index is 13.7. The molecule has 2 aliphatic heterocycles. The van der Waals surface area contributed by atoms with Gasteiger partial charge in [-0.25, -0.2) is 4.79 Å². The summed E-state index contributed by atoms with van der Waals surface area (Å²) in [4.78, 5) is 42.0. The highest BCUT2D eigenvalue weighted by Gasteiger charge is 2.61. The second-order valence-corrected chi connectivity index (χ2v) is 8.35. The fraction of sp³-hybridized carbons (Fsp3) is 0.208. The van der Waals surface area contributed by atoms with Crippen LogP contribution in [0.15, 0.2) is 71.2 Å². The molecule has 0 radical (unpaired) electrons. The molecular formula is C24H20ClN3O4. The number of Topliss-reactive ketones (excluding diaryl/α,β-unsaturated/α-hetero) is 1. The first-order valence-electron chi connectivity index (χ1n) is 10.2. The van der Waals surface area contributed by atoms with E-state index in [0.29, 0.717) is 40.5 Å². The van der Waals surface area contributed by atoms with Crippen molar-refractivity contribution in [1.29, 1.82) is 0 Å². The molecule has 2 heterocycles. The van der Waals surface area contributed by atoms with Crippen LogP contribution in [0.25, 0.3) is 0 Å². The fourth-order valence-electron chi connectivity index (χ4n) is 5.05. The molecule has 162 valence electrons. The van der Waals surface area contributed by atoms with Crippen molar-refractivity contribution in [3.63, 3.8) is 0 Å². The van der Waals surface area contributed by atoms with Crippen LogP contribution in [-0.4, -0.2) is 24.8 Å². The molecule has 5 rings (SSSR count). The van der Waals surface area contributed by atoms with Gasteiger partial charge in [-0.3, -0.25) is 14.5 Å². The number of hydrogen-bond donors (Lipinski definition) is 2. The van der Waals surface area contributed by atoms with Gasteiger partial charge >= 0.3 is 5.97 Å². The molecule has 1 atom stereocenters. The van der Waals surface area contributed by atoms with Gasteiger partial charge in [0.2, 0.25) is 5.91 Å². The Morgan fingerprint density at radius 3 is 2.62 bits per heavy atom. The number of hydrogen-bond acceptors (Lipinski definition) is 6. The smallest absolute Gasteiger partial charge is 0.339 e. The highest BCUT2D eigenvalue weighted by Crippen LogP contribution is 2.55. The molecule has 3 aliphatic rings. The number of allylic oxidation sites excluding steroid dienone is 1. The van der Waals surface area contributed by atoms with Gasteiger partial charge in [0.15, 0.2) is 5.78 Å². The Labute approximate surface area is 189 Å². The summed E-state index contributed by atoms with van der Waals surface area (Å²) in [7, 11) is 1.22. The van der Waals surface area contributed by atoms with E-state index in [1.54, 1.807) is 23.1 Å². The number of nitrogens with zero attached hydrogens (tertiary/aromatic N) is 1. The third-order valence-electron chi connectivity index (χ3n) is 6.28. The van der Waals surface area contributed by atoms with E-state index in [4.69, 9.17) is 22.1 Å².